The molecule has 0 radical (unpaired) electrons. The van der Waals surface area contributed by atoms with Gasteiger partial charge in [-0.3, -0.25) is 4.79 Å². The van der Waals surface area contributed by atoms with Gasteiger partial charge in [-0.2, -0.15) is 5.10 Å². The van der Waals surface area contributed by atoms with E-state index in [2.05, 4.69) is 26.5 Å². The van der Waals surface area contributed by atoms with Crippen molar-refractivity contribution in [3.05, 3.63) is 58.1 Å². The first-order chi connectivity index (χ1) is 10.1. The van der Waals surface area contributed by atoms with Gasteiger partial charge >= 0.3 is 0 Å². The normalized spacial score (nSPS) is 10.6. The van der Waals surface area contributed by atoms with E-state index in [-0.39, 0.29) is 11.7 Å². The predicted molar refractivity (Wildman–Crippen MR) is 83.9 cm³/mol. The maximum Gasteiger partial charge on any atom is 0.271 e. The van der Waals surface area contributed by atoms with E-state index in [1.54, 1.807) is 42.5 Å². The lowest BCUT2D eigenvalue weighted by Gasteiger charge is -2.05. The van der Waals surface area contributed by atoms with Gasteiger partial charge in [-0.15, -0.1) is 0 Å². The highest BCUT2D eigenvalue weighted by molar-refractivity contribution is 9.10. The maximum atomic E-state index is 11.8. The highest BCUT2D eigenvalue weighted by Crippen LogP contribution is 2.27. The fraction of sp³-hybridized carbons (Fsp3) is 0.0667. The van der Waals surface area contributed by atoms with E-state index in [4.69, 9.17) is 4.74 Å². The Balaban J connectivity index is 2.05. The smallest absolute Gasteiger partial charge is 0.271 e. The number of aromatic hydroxyl groups is 1. The number of benzene rings is 2. The van der Waals surface area contributed by atoms with E-state index in [0.29, 0.717) is 16.9 Å². The molecule has 2 rings (SSSR count). The zero-order valence-corrected chi connectivity index (χ0v) is 12.8. The van der Waals surface area contributed by atoms with Crippen molar-refractivity contribution in [1.82, 2.24) is 5.43 Å². The number of carbonyl (C=O) groups is 1. The lowest BCUT2D eigenvalue weighted by molar-refractivity contribution is 0.0955. The van der Waals surface area contributed by atoms with E-state index >= 15 is 0 Å². The average Bonchev–Trinajstić information content (AvgIpc) is 2.49. The number of nitrogens with one attached hydrogen (secondary N) is 1. The van der Waals surface area contributed by atoms with Crippen LogP contribution in [0.1, 0.15) is 15.9 Å². The molecule has 2 N–H and O–H groups in total. The van der Waals surface area contributed by atoms with Crippen LogP contribution in [0.15, 0.2) is 52.0 Å². The number of hydrogen-bond donors (Lipinski definition) is 2. The number of halogens is 1. The van der Waals surface area contributed by atoms with Crippen LogP contribution in [0, 0.1) is 0 Å². The third kappa shape index (κ3) is 3.82. The summed E-state index contributed by atoms with van der Waals surface area (Å²) in [7, 11) is 1.46. The standard InChI is InChI=1S/C15H13BrN2O3/c1-21-13-4-2-3-11(14(13)19)9-17-18-15(20)10-5-7-12(16)8-6-10/h2-9,19H,1H3,(H,18,20). The van der Waals surface area contributed by atoms with Gasteiger partial charge in [-0.05, 0) is 36.4 Å². The summed E-state index contributed by atoms with van der Waals surface area (Å²) in [4.78, 5) is 11.8. The second kappa shape index (κ2) is 6.90. The minimum Gasteiger partial charge on any atom is -0.504 e. The molecular formula is C15H13BrN2O3. The van der Waals surface area contributed by atoms with E-state index in [1.165, 1.54) is 13.3 Å². The number of carbonyl (C=O) groups excluding carboxylic acids is 1. The first-order valence-corrected chi connectivity index (χ1v) is 6.86. The van der Waals surface area contributed by atoms with Crippen molar-refractivity contribution >= 4 is 28.1 Å². The maximum absolute atomic E-state index is 11.8. The Labute approximate surface area is 130 Å². The minimum absolute atomic E-state index is 0.0263. The summed E-state index contributed by atoms with van der Waals surface area (Å²) in [6, 6.07) is 11.9. The molecule has 0 aliphatic heterocycles. The van der Waals surface area contributed by atoms with Crippen LogP contribution in [0.3, 0.4) is 0 Å². The molecule has 108 valence electrons. The molecule has 1 amide bonds. The van der Waals surface area contributed by atoms with Crippen molar-refractivity contribution in [1.29, 1.82) is 0 Å². The van der Waals surface area contributed by atoms with Gasteiger partial charge in [0.05, 0.1) is 13.3 Å². The van der Waals surface area contributed by atoms with E-state index in [0.717, 1.165) is 4.47 Å². The van der Waals surface area contributed by atoms with Gasteiger partial charge in [0.2, 0.25) is 0 Å². The molecule has 2 aromatic rings. The molecule has 0 bridgehead atoms. The topological polar surface area (TPSA) is 70.9 Å². The summed E-state index contributed by atoms with van der Waals surface area (Å²) >= 11 is 3.30. The molecule has 0 unspecified atom stereocenters. The number of para-hydroxylation sites is 1. The summed E-state index contributed by atoms with van der Waals surface area (Å²) < 4.78 is 5.88. The molecule has 0 saturated carbocycles. The molecule has 0 fully saturated rings. The highest BCUT2D eigenvalue weighted by atomic mass is 79.9. The lowest BCUT2D eigenvalue weighted by Crippen LogP contribution is -2.17. The fourth-order valence-electron chi connectivity index (χ4n) is 1.63. The number of phenolic OH excluding ortho intramolecular Hbond substituents is 1. The third-order valence-electron chi connectivity index (χ3n) is 2.73. The number of methoxy groups -OCH3 is 1. The van der Waals surface area contributed by atoms with E-state index in [1.807, 2.05) is 0 Å². The quantitative estimate of drug-likeness (QED) is 0.659. The van der Waals surface area contributed by atoms with Crippen molar-refractivity contribution in [2.75, 3.05) is 7.11 Å². The molecule has 0 heterocycles. The molecular weight excluding hydrogens is 336 g/mol. The Morgan fingerprint density at radius 2 is 2.00 bits per heavy atom. The van der Waals surface area contributed by atoms with Crippen molar-refractivity contribution in [2.45, 2.75) is 0 Å². The van der Waals surface area contributed by atoms with E-state index in [9.17, 15) is 9.90 Å². The molecule has 0 aliphatic carbocycles. The lowest BCUT2D eigenvalue weighted by atomic mass is 10.2. The number of hydrogen-bond acceptors (Lipinski definition) is 4. The van der Waals surface area contributed by atoms with Crippen LogP contribution in [-0.4, -0.2) is 24.3 Å². The van der Waals surface area contributed by atoms with Crippen LogP contribution < -0.4 is 10.2 Å². The number of hydrazone groups is 1. The molecule has 6 heteroatoms. The van der Waals surface area contributed by atoms with Crippen LogP contribution in [0.25, 0.3) is 0 Å². The van der Waals surface area contributed by atoms with Gasteiger partial charge in [0.25, 0.3) is 5.91 Å². The van der Waals surface area contributed by atoms with Crippen LogP contribution in [-0.2, 0) is 0 Å². The van der Waals surface area contributed by atoms with Gasteiger partial charge in [-0.25, -0.2) is 5.43 Å². The van der Waals surface area contributed by atoms with Crippen molar-refractivity contribution in [3.8, 4) is 11.5 Å². The molecule has 0 saturated heterocycles. The van der Waals surface area contributed by atoms with E-state index < -0.39 is 0 Å². The summed E-state index contributed by atoms with van der Waals surface area (Å²) in [5.41, 5.74) is 3.34. The van der Waals surface area contributed by atoms with Crippen molar-refractivity contribution in [3.63, 3.8) is 0 Å². The van der Waals surface area contributed by atoms with Gasteiger partial charge in [0.15, 0.2) is 11.5 Å². The highest BCUT2D eigenvalue weighted by Gasteiger charge is 2.06. The predicted octanol–water partition coefficient (Wildman–Crippen LogP) is 2.93. The van der Waals surface area contributed by atoms with Crippen molar-refractivity contribution in [2.24, 2.45) is 5.10 Å². The number of nitrogens with zero attached hydrogens (tertiary/aromatic N) is 1. The molecule has 0 aliphatic rings. The fourth-order valence-corrected chi connectivity index (χ4v) is 1.90. The number of phenols is 1. The Bertz CT molecular complexity index is 669. The van der Waals surface area contributed by atoms with Crippen LogP contribution in [0.2, 0.25) is 0 Å². The Hall–Kier alpha value is -2.34. The van der Waals surface area contributed by atoms with Crippen LogP contribution in [0.4, 0.5) is 0 Å². The van der Waals surface area contributed by atoms with Gasteiger partial charge in [-0.1, -0.05) is 22.0 Å². The molecule has 0 aromatic heterocycles. The second-order valence-corrected chi connectivity index (χ2v) is 5.02. The zero-order valence-electron chi connectivity index (χ0n) is 11.2. The van der Waals surface area contributed by atoms with Gasteiger partial charge < -0.3 is 9.84 Å². The second-order valence-electron chi connectivity index (χ2n) is 4.10. The molecule has 0 atom stereocenters. The molecule has 5 nitrogen and oxygen atoms in total. The van der Waals surface area contributed by atoms with Gasteiger partial charge in [0, 0.05) is 15.6 Å². The Kier molecular flexibility index (Phi) is 4.94. The summed E-state index contributed by atoms with van der Waals surface area (Å²) in [6.45, 7) is 0. The average molecular weight is 349 g/mol. The number of ether oxygens (including phenoxy) is 1. The molecule has 21 heavy (non-hydrogen) atoms. The largest absolute Gasteiger partial charge is 0.504 e. The monoisotopic (exact) mass is 348 g/mol. The van der Waals surface area contributed by atoms with Crippen LogP contribution in [0.5, 0.6) is 11.5 Å². The third-order valence-corrected chi connectivity index (χ3v) is 3.25. The van der Waals surface area contributed by atoms with Crippen molar-refractivity contribution < 1.29 is 14.6 Å². The SMILES string of the molecule is COc1cccc(C=NNC(=O)c2ccc(Br)cc2)c1O. The zero-order chi connectivity index (χ0) is 15.2. The van der Waals surface area contributed by atoms with Gasteiger partial charge in [0.1, 0.15) is 0 Å². The molecule has 0 spiro atoms. The molecule has 2 aromatic carbocycles. The number of amides is 1. The minimum atomic E-state index is -0.332. The first kappa shape index (κ1) is 15.1. The summed E-state index contributed by atoms with van der Waals surface area (Å²) in [5, 5.41) is 13.7. The Morgan fingerprint density at radius 3 is 2.67 bits per heavy atom. The number of rotatable bonds is 4. The Morgan fingerprint density at radius 1 is 1.29 bits per heavy atom. The van der Waals surface area contributed by atoms with Crippen LogP contribution >= 0.6 is 15.9 Å². The first-order valence-electron chi connectivity index (χ1n) is 6.06. The summed E-state index contributed by atoms with van der Waals surface area (Å²) in [6.07, 6.45) is 1.36. The summed E-state index contributed by atoms with van der Waals surface area (Å²) in [5.74, 6) is -0.0130.